The maximum absolute atomic E-state index is 4.49. The second kappa shape index (κ2) is 6.48. The van der Waals surface area contributed by atoms with E-state index in [4.69, 9.17) is 0 Å². The van der Waals surface area contributed by atoms with Crippen molar-refractivity contribution in [3.8, 4) is 0 Å². The zero-order valence-electron chi connectivity index (χ0n) is 12.6. The molecule has 2 aromatic rings. The molecule has 1 aliphatic carbocycles. The van der Waals surface area contributed by atoms with Crippen molar-refractivity contribution in [1.82, 2.24) is 9.97 Å². The van der Waals surface area contributed by atoms with Crippen molar-refractivity contribution in [1.29, 1.82) is 0 Å². The molecule has 0 unspecified atom stereocenters. The van der Waals surface area contributed by atoms with Crippen molar-refractivity contribution in [2.75, 3.05) is 11.9 Å². The molecule has 1 aromatic carbocycles. The van der Waals surface area contributed by atoms with Gasteiger partial charge in [-0.2, -0.15) is 0 Å². The Morgan fingerprint density at radius 3 is 2.81 bits per heavy atom. The van der Waals surface area contributed by atoms with Crippen LogP contribution in [0.1, 0.15) is 37.0 Å². The lowest BCUT2D eigenvalue weighted by molar-refractivity contribution is 0.911. The van der Waals surface area contributed by atoms with Gasteiger partial charge >= 0.3 is 0 Å². The molecule has 3 rings (SSSR count). The van der Waals surface area contributed by atoms with Crippen molar-refractivity contribution in [2.45, 2.75) is 49.5 Å². The van der Waals surface area contributed by atoms with Crippen molar-refractivity contribution in [3.63, 3.8) is 0 Å². The molecule has 1 aliphatic rings. The number of aromatic nitrogens is 2. The minimum Gasteiger partial charge on any atom is -0.370 e. The Balaban J connectivity index is 1.89. The molecule has 1 N–H and O–H groups in total. The lowest BCUT2D eigenvalue weighted by Crippen LogP contribution is -2.05. The molecule has 0 radical (unpaired) electrons. The Morgan fingerprint density at radius 2 is 2.00 bits per heavy atom. The van der Waals surface area contributed by atoms with Gasteiger partial charge in [-0.25, -0.2) is 9.97 Å². The number of benzene rings is 1. The topological polar surface area (TPSA) is 37.8 Å². The van der Waals surface area contributed by atoms with Gasteiger partial charge in [0, 0.05) is 17.0 Å². The molecule has 110 valence electrons. The van der Waals surface area contributed by atoms with Gasteiger partial charge < -0.3 is 5.32 Å². The van der Waals surface area contributed by atoms with E-state index in [0.717, 1.165) is 23.8 Å². The third-order valence-electron chi connectivity index (χ3n) is 3.89. The average molecular weight is 299 g/mol. The Morgan fingerprint density at radius 1 is 1.14 bits per heavy atom. The quantitative estimate of drug-likeness (QED) is 0.843. The molecule has 21 heavy (non-hydrogen) atoms. The van der Waals surface area contributed by atoms with Gasteiger partial charge in [0.05, 0.1) is 0 Å². The highest BCUT2D eigenvalue weighted by molar-refractivity contribution is 7.99. The summed E-state index contributed by atoms with van der Waals surface area (Å²) in [6.07, 6.45) is 6.35. The van der Waals surface area contributed by atoms with E-state index >= 15 is 0 Å². The van der Waals surface area contributed by atoms with E-state index in [1.807, 2.05) is 0 Å². The summed E-state index contributed by atoms with van der Waals surface area (Å²) in [4.78, 5) is 10.1. The van der Waals surface area contributed by atoms with Gasteiger partial charge in [-0.3, -0.25) is 0 Å². The SMILES string of the molecule is CCNc1ncnc(Sc2ccc3c(c2)CCC3)c1CC. The molecule has 4 heteroatoms. The van der Waals surface area contributed by atoms with E-state index in [9.17, 15) is 0 Å². The standard InChI is InChI=1S/C17H21N3S/c1-3-15-16(18-4-2)19-11-20-17(15)21-14-9-8-12-6-5-7-13(12)10-14/h8-11H,3-7H2,1-2H3,(H,18,19,20). The Labute approximate surface area is 130 Å². The van der Waals surface area contributed by atoms with Gasteiger partial charge in [0.1, 0.15) is 17.2 Å². The monoisotopic (exact) mass is 299 g/mol. The first kappa shape index (κ1) is 14.4. The molecule has 0 fully saturated rings. The first-order chi connectivity index (χ1) is 10.3. The smallest absolute Gasteiger partial charge is 0.133 e. The predicted molar refractivity (Wildman–Crippen MR) is 88.2 cm³/mol. The molecule has 0 spiro atoms. The molecule has 1 aromatic heterocycles. The molecule has 3 nitrogen and oxygen atoms in total. The number of nitrogens with zero attached hydrogens (tertiary/aromatic N) is 2. The van der Waals surface area contributed by atoms with E-state index in [0.29, 0.717) is 0 Å². The second-order valence-electron chi connectivity index (χ2n) is 5.28. The van der Waals surface area contributed by atoms with Crippen LogP contribution in [-0.4, -0.2) is 16.5 Å². The summed E-state index contributed by atoms with van der Waals surface area (Å²) >= 11 is 1.75. The Kier molecular flexibility index (Phi) is 4.44. The van der Waals surface area contributed by atoms with Gasteiger partial charge in [0.2, 0.25) is 0 Å². The first-order valence-electron chi connectivity index (χ1n) is 7.69. The minimum absolute atomic E-state index is 0.882. The predicted octanol–water partition coefficient (Wildman–Crippen LogP) is 4.11. The zero-order valence-corrected chi connectivity index (χ0v) is 13.5. The van der Waals surface area contributed by atoms with Crippen LogP contribution in [0.3, 0.4) is 0 Å². The summed E-state index contributed by atoms with van der Waals surface area (Å²) in [6, 6.07) is 6.84. The number of fused-ring (bicyclic) bond motifs is 1. The summed E-state index contributed by atoms with van der Waals surface area (Å²) in [5.74, 6) is 0.971. The van der Waals surface area contributed by atoms with Gasteiger partial charge in [-0.1, -0.05) is 24.8 Å². The highest BCUT2D eigenvalue weighted by atomic mass is 32.2. The highest BCUT2D eigenvalue weighted by Gasteiger charge is 2.14. The summed E-state index contributed by atoms with van der Waals surface area (Å²) < 4.78 is 0. The zero-order chi connectivity index (χ0) is 14.7. The van der Waals surface area contributed by atoms with Gasteiger partial charge in [0.15, 0.2) is 0 Å². The van der Waals surface area contributed by atoms with E-state index in [2.05, 4.69) is 47.3 Å². The van der Waals surface area contributed by atoms with Crippen LogP contribution in [0.15, 0.2) is 34.4 Å². The molecular weight excluding hydrogens is 278 g/mol. The molecule has 0 saturated carbocycles. The fourth-order valence-corrected chi connectivity index (χ4v) is 3.87. The number of hydrogen-bond donors (Lipinski definition) is 1. The van der Waals surface area contributed by atoms with E-state index in [1.165, 1.54) is 40.8 Å². The molecule has 0 atom stereocenters. The van der Waals surface area contributed by atoms with Gasteiger partial charge in [0.25, 0.3) is 0 Å². The Bertz CT molecular complexity index is 640. The van der Waals surface area contributed by atoms with Crippen molar-refractivity contribution >= 4 is 17.6 Å². The third-order valence-corrected chi connectivity index (χ3v) is 4.92. The lowest BCUT2D eigenvalue weighted by Gasteiger charge is -2.12. The summed E-state index contributed by atoms with van der Waals surface area (Å²) in [7, 11) is 0. The fraction of sp³-hybridized carbons (Fsp3) is 0.412. The maximum Gasteiger partial charge on any atom is 0.133 e. The number of rotatable bonds is 5. The first-order valence-corrected chi connectivity index (χ1v) is 8.50. The van der Waals surface area contributed by atoms with Crippen LogP contribution in [-0.2, 0) is 19.3 Å². The summed E-state index contributed by atoms with van der Waals surface area (Å²) in [5.41, 5.74) is 4.25. The normalized spacial score (nSPS) is 13.2. The number of nitrogens with one attached hydrogen (secondary N) is 1. The third kappa shape index (κ3) is 3.05. The van der Waals surface area contributed by atoms with E-state index < -0.39 is 0 Å². The number of hydrogen-bond acceptors (Lipinski definition) is 4. The highest BCUT2D eigenvalue weighted by Crippen LogP contribution is 2.34. The van der Waals surface area contributed by atoms with Gasteiger partial charge in [-0.15, -0.1) is 0 Å². The number of aryl methyl sites for hydroxylation is 2. The second-order valence-corrected chi connectivity index (χ2v) is 6.34. The van der Waals surface area contributed by atoms with Gasteiger partial charge in [-0.05, 0) is 55.9 Å². The van der Waals surface area contributed by atoms with E-state index in [-0.39, 0.29) is 0 Å². The van der Waals surface area contributed by atoms with Crippen LogP contribution in [0.25, 0.3) is 0 Å². The fourth-order valence-electron chi connectivity index (χ4n) is 2.85. The minimum atomic E-state index is 0.882. The summed E-state index contributed by atoms with van der Waals surface area (Å²) in [5, 5.41) is 4.40. The van der Waals surface area contributed by atoms with Crippen LogP contribution in [0.4, 0.5) is 5.82 Å². The molecule has 0 amide bonds. The average Bonchev–Trinajstić information content (AvgIpc) is 2.95. The van der Waals surface area contributed by atoms with Crippen molar-refractivity contribution in [2.24, 2.45) is 0 Å². The van der Waals surface area contributed by atoms with Crippen LogP contribution >= 0.6 is 11.8 Å². The molecule has 0 saturated heterocycles. The van der Waals surface area contributed by atoms with E-state index in [1.54, 1.807) is 18.1 Å². The van der Waals surface area contributed by atoms with Crippen LogP contribution < -0.4 is 5.32 Å². The lowest BCUT2D eigenvalue weighted by atomic mass is 10.1. The number of anilines is 1. The Hall–Kier alpha value is -1.55. The largest absolute Gasteiger partial charge is 0.370 e. The van der Waals surface area contributed by atoms with Crippen molar-refractivity contribution in [3.05, 3.63) is 41.2 Å². The molecular formula is C17H21N3S. The van der Waals surface area contributed by atoms with Crippen molar-refractivity contribution < 1.29 is 0 Å². The molecule has 1 heterocycles. The van der Waals surface area contributed by atoms with Crippen LogP contribution in [0.5, 0.6) is 0 Å². The molecule has 0 aliphatic heterocycles. The maximum atomic E-state index is 4.49. The van der Waals surface area contributed by atoms with Crippen LogP contribution in [0, 0.1) is 0 Å². The van der Waals surface area contributed by atoms with Crippen LogP contribution in [0.2, 0.25) is 0 Å². The molecule has 0 bridgehead atoms. The summed E-state index contributed by atoms with van der Waals surface area (Å²) in [6.45, 7) is 5.13.